The molecular formula is C15H25ClIN3. The number of benzene rings is 1. The number of hydrogen-bond acceptors (Lipinski definition) is 1. The molecule has 114 valence electrons. The summed E-state index contributed by atoms with van der Waals surface area (Å²) < 4.78 is 0. The number of aliphatic imine (C=N–C) groups is 1. The van der Waals surface area contributed by atoms with Crippen LogP contribution in [-0.4, -0.2) is 18.5 Å². The molecule has 0 heterocycles. The Hall–Kier alpha value is -0.490. The second-order valence-corrected chi connectivity index (χ2v) is 6.41. The lowest BCUT2D eigenvalue weighted by Gasteiger charge is -2.23. The molecule has 1 rings (SSSR count). The van der Waals surface area contributed by atoms with Crippen molar-refractivity contribution in [1.29, 1.82) is 0 Å². The van der Waals surface area contributed by atoms with Crippen molar-refractivity contribution in [3.63, 3.8) is 0 Å². The van der Waals surface area contributed by atoms with E-state index in [1.165, 1.54) is 5.56 Å². The van der Waals surface area contributed by atoms with Crippen LogP contribution < -0.4 is 11.1 Å². The van der Waals surface area contributed by atoms with Crippen LogP contribution in [0.25, 0.3) is 0 Å². The van der Waals surface area contributed by atoms with E-state index in [1.807, 2.05) is 32.0 Å². The average molecular weight is 410 g/mol. The molecule has 20 heavy (non-hydrogen) atoms. The third kappa shape index (κ3) is 7.94. The molecule has 0 spiro atoms. The third-order valence-electron chi connectivity index (χ3n) is 2.69. The Morgan fingerprint density at radius 3 is 2.60 bits per heavy atom. The zero-order valence-electron chi connectivity index (χ0n) is 12.6. The summed E-state index contributed by atoms with van der Waals surface area (Å²) in [6.45, 7) is 9.13. The van der Waals surface area contributed by atoms with Crippen LogP contribution in [0.15, 0.2) is 29.3 Å². The fraction of sp³-hybridized carbons (Fsp3) is 0.533. The molecule has 0 saturated heterocycles. The van der Waals surface area contributed by atoms with Crippen molar-refractivity contribution in [2.75, 3.05) is 6.54 Å². The highest BCUT2D eigenvalue weighted by Crippen LogP contribution is 2.23. The van der Waals surface area contributed by atoms with Gasteiger partial charge in [0, 0.05) is 17.6 Å². The van der Waals surface area contributed by atoms with E-state index < -0.39 is 0 Å². The summed E-state index contributed by atoms with van der Waals surface area (Å²) in [4.78, 5) is 4.40. The first-order valence-electron chi connectivity index (χ1n) is 6.59. The zero-order valence-corrected chi connectivity index (χ0v) is 15.7. The van der Waals surface area contributed by atoms with E-state index in [0.717, 1.165) is 11.4 Å². The molecule has 0 saturated carbocycles. The molecule has 0 unspecified atom stereocenters. The summed E-state index contributed by atoms with van der Waals surface area (Å²) in [7, 11) is 0. The maximum absolute atomic E-state index is 6.00. The van der Waals surface area contributed by atoms with E-state index in [4.69, 9.17) is 17.3 Å². The van der Waals surface area contributed by atoms with Gasteiger partial charge in [0.15, 0.2) is 5.96 Å². The highest BCUT2D eigenvalue weighted by Gasteiger charge is 2.18. The van der Waals surface area contributed by atoms with Gasteiger partial charge in [0.1, 0.15) is 0 Å². The fourth-order valence-electron chi connectivity index (χ4n) is 1.90. The summed E-state index contributed by atoms with van der Waals surface area (Å²) in [5, 5.41) is 3.87. The van der Waals surface area contributed by atoms with Crippen LogP contribution in [-0.2, 0) is 6.42 Å². The van der Waals surface area contributed by atoms with E-state index in [9.17, 15) is 0 Å². The molecule has 1 aromatic rings. The number of hydrogen-bond donors (Lipinski definition) is 2. The second kappa shape index (κ2) is 8.72. The van der Waals surface area contributed by atoms with Crippen LogP contribution in [0.5, 0.6) is 0 Å². The molecule has 3 nitrogen and oxygen atoms in total. The topological polar surface area (TPSA) is 50.4 Å². The Labute approximate surface area is 144 Å². The SMILES string of the molecule is CC(C)NC(N)=NCC(C)(C)Cc1cccc(Cl)c1.I. The van der Waals surface area contributed by atoms with Crippen molar-refractivity contribution in [2.45, 2.75) is 40.2 Å². The first kappa shape index (κ1) is 19.5. The lowest BCUT2D eigenvalue weighted by atomic mass is 9.86. The molecule has 0 aliphatic carbocycles. The van der Waals surface area contributed by atoms with Gasteiger partial charge in [-0.1, -0.05) is 37.6 Å². The van der Waals surface area contributed by atoms with Gasteiger partial charge in [0.05, 0.1) is 0 Å². The maximum atomic E-state index is 6.00. The monoisotopic (exact) mass is 409 g/mol. The first-order valence-corrected chi connectivity index (χ1v) is 6.97. The van der Waals surface area contributed by atoms with Crippen LogP contribution in [0.2, 0.25) is 5.02 Å². The van der Waals surface area contributed by atoms with Gasteiger partial charge < -0.3 is 11.1 Å². The summed E-state index contributed by atoms with van der Waals surface area (Å²) in [5.74, 6) is 0.508. The minimum atomic E-state index is 0. The molecule has 0 amide bonds. The molecule has 0 radical (unpaired) electrons. The lowest BCUT2D eigenvalue weighted by molar-refractivity contribution is 0.377. The van der Waals surface area contributed by atoms with Crippen molar-refractivity contribution in [1.82, 2.24) is 5.32 Å². The predicted octanol–water partition coefficient (Wildman–Crippen LogP) is 3.84. The minimum absolute atomic E-state index is 0. The highest BCUT2D eigenvalue weighted by molar-refractivity contribution is 14.0. The summed E-state index contributed by atoms with van der Waals surface area (Å²) in [6.07, 6.45) is 0.923. The molecule has 5 heteroatoms. The summed E-state index contributed by atoms with van der Waals surface area (Å²) in [6, 6.07) is 8.27. The van der Waals surface area contributed by atoms with Crippen LogP contribution >= 0.6 is 35.6 Å². The molecule has 0 bridgehead atoms. The van der Waals surface area contributed by atoms with Gasteiger partial charge >= 0.3 is 0 Å². The van der Waals surface area contributed by atoms with E-state index >= 15 is 0 Å². The Morgan fingerprint density at radius 2 is 2.05 bits per heavy atom. The van der Waals surface area contributed by atoms with Gasteiger partial charge in [-0.3, -0.25) is 4.99 Å². The minimum Gasteiger partial charge on any atom is -0.370 e. The number of nitrogens with one attached hydrogen (secondary N) is 1. The lowest BCUT2D eigenvalue weighted by Crippen LogP contribution is -2.37. The highest BCUT2D eigenvalue weighted by atomic mass is 127. The molecule has 0 aromatic heterocycles. The number of nitrogens with two attached hydrogens (primary N) is 1. The van der Waals surface area contributed by atoms with Crippen LogP contribution in [0.4, 0.5) is 0 Å². The second-order valence-electron chi connectivity index (χ2n) is 5.97. The van der Waals surface area contributed by atoms with Crippen molar-refractivity contribution < 1.29 is 0 Å². The van der Waals surface area contributed by atoms with E-state index in [2.05, 4.69) is 30.2 Å². The summed E-state index contributed by atoms with van der Waals surface area (Å²) >= 11 is 6.00. The van der Waals surface area contributed by atoms with Crippen LogP contribution in [0.1, 0.15) is 33.3 Å². The Morgan fingerprint density at radius 1 is 1.40 bits per heavy atom. The van der Waals surface area contributed by atoms with Crippen LogP contribution in [0, 0.1) is 5.41 Å². The number of guanidine groups is 1. The third-order valence-corrected chi connectivity index (χ3v) is 2.92. The molecule has 0 fully saturated rings. The number of halogens is 2. The van der Waals surface area contributed by atoms with Crippen molar-refractivity contribution in [3.05, 3.63) is 34.9 Å². The largest absolute Gasteiger partial charge is 0.370 e. The van der Waals surface area contributed by atoms with Gasteiger partial charge in [-0.2, -0.15) is 0 Å². The first-order chi connectivity index (χ1) is 8.78. The standard InChI is InChI=1S/C15H24ClN3.HI/c1-11(2)19-14(17)18-10-15(3,4)9-12-6-5-7-13(16)8-12;/h5-8,11H,9-10H2,1-4H3,(H3,17,18,19);1H. The smallest absolute Gasteiger partial charge is 0.188 e. The quantitative estimate of drug-likeness (QED) is 0.441. The zero-order chi connectivity index (χ0) is 14.5. The molecular weight excluding hydrogens is 385 g/mol. The average Bonchev–Trinajstić information content (AvgIpc) is 2.25. The summed E-state index contributed by atoms with van der Waals surface area (Å²) in [5.41, 5.74) is 7.09. The van der Waals surface area contributed by atoms with E-state index in [-0.39, 0.29) is 29.4 Å². The number of rotatable bonds is 5. The predicted molar refractivity (Wildman–Crippen MR) is 99.1 cm³/mol. The Bertz CT molecular complexity index is 444. The molecule has 0 aliphatic heterocycles. The van der Waals surface area contributed by atoms with Gasteiger partial charge in [-0.05, 0) is 43.4 Å². The Kier molecular flexibility index (Phi) is 8.51. The number of nitrogens with zero attached hydrogens (tertiary/aromatic N) is 1. The maximum Gasteiger partial charge on any atom is 0.188 e. The Balaban J connectivity index is 0.00000361. The fourth-order valence-corrected chi connectivity index (χ4v) is 2.11. The normalized spacial score (nSPS) is 12.2. The van der Waals surface area contributed by atoms with Gasteiger partial charge in [-0.15, -0.1) is 24.0 Å². The van der Waals surface area contributed by atoms with E-state index in [1.54, 1.807) is 0 Å². The molecule has 1 aromatic carbocycles. The van der Waals surface area contributed by atoms with Crippen molar-refractivity contribution >= 4 is 41.5 Å². The van der Waals surface area contributed by atoms with Crippen molar-refractivity contribution in [2.24, 2.45) is 16.1 Å². The van der Waals surface area contributed by atoms with Gasteiger partial charge in [0.2, 0.25) is 0 Å². The van der Waals surface area contributed by atoms with Crippen LogP contribution in [0.3, 0.4) is 0 Å². The molecule has 0 aliphatic rings. The van der Waals surface area contributed by atoms with Crippen molar-refractivity contribution in [3.8, 4) is 0 Å². The molecule has 0 atom stereocenters. The van der Waals surface area contributed by atoms with Gasteiger partial charge in [-0.25, -0.2) is 0 Å². The molecule has 3 N–H and O–H groups in total. The van der Waals surface area contributed by atoms with E-state index in [0.29, 0.717) is 18.5 Å². The van der Waals surface area contributed by atoms with Gasteiger partial charge in [0.25, 0.3) is 0 Å².